The highest BCUT2D eigenvalue weighted by Gasteiger charge is 2.43. The average Bonchev–Trinajstić information content (AvgIpc) is 2.59. The van der Waals surface area contributed by atoms with Crippen molar-refractivity contribution in [1.82, 2.24) is 5.32 Å². The summed E-state index contributed by atoms with van der Waals surface area (Å²) in [7, 11) is 0. The molecule has 2 aromatic rings. The lowest BCUT2D eigenvalue weighted by Gasteiger charge is -2.17. The monoisotopic (exact) mass is 404 g/mol. The summed E-state index contributed by atoms with van der Waals surface area (Å²) in [5.41, 5.74) is -3.51. The maximum Gasteiger partial charge on any atom is 0.417 e. The number of benzene rings is 2. The Bertz CT molecular complexity index is 847. The minimum absolute atomic E-state index is 0.144. The van der Waals surface area contributed by atoms with Gasteiger partial charge in [-0.15, -0.1) is 0 Å². The van der Waals surface area contributed by atoms with Crippen molar-refractivity contribution in [2.24, 2.45) is 0 Å². The quantitative estimate of drug-likeness (QED) is 0.575. The van der Waals surface area contributed by atoms with Gasteiger partial charge >= 0.3 is 12.4 Å². The number of rotatable bonds is 5. The van der Waals surface area contributed by atoms with E-state index in [0.29, 0.717) is 6.07 Å². The SMILES string of the molecule is O=C(CC(=O)Nc1ccc(C(F)(F)F)c(C(F)(F)F)c1)NCc1ccccc1. The van der Waals surface area contributed by atoms with Crippen molar-refractivity contribution in [2.75, 3.05) is 5.32 Å². The van der Waals surface area contributed by atoms with Crippen LogP contribution in [0.15, 0.2) is 48.5 Å². The van der Waals surface area contributed by atoms with E-state index in [2.05, 4.69) is 5.32 Å². The highest BCUT2D eigenvalue weighted by molar-refractivity contribution is 6.03. The first kappa shape index (κ1) is 21.3. The molecule has 2 N–H and O–H groups in total. The molecular weight excluding hydrogens is 390 g/mol. The second-order valence-corrected chi connectivity index (χ2v) is 5.74. The highest BCUT2D eigenvalue weighted by atomic mass is 19.4. The van der Waals surface area contributed by atoms with Gasteiger partial charge in [-0.25, -0.2) is 0 Å². The van der Waals surface area contributed by atoms with Gasteiger partial charge in [0.2, 0.25) is 11.8 Å². The summed E-state index contributed by atoms with van der Waals surface area (Å²) in [5.74, 6) is -1.65. The van der Waals surface area contributed by atoms with Crippen LogP contribution in [-0.4, -0.2) is 11.8 Å². The molecule has 0 aliphatic carbocycles. The van der Waals surface area contributed by atoms with Crippen molar-refractivity contribution in [3.8, 4) is 0 Å². The third-order valence-corrected chi connectivity index (χ3v) is 3.57. The Morgan fingerprint density at radius 1 is 0.786 bits per heavy atom. The van der Waals surface area contributed by atoms with Gasteiger partial charge in [-0.1, -0.05) is 30.3 Å². The highest BCUT2D eigenvalue weighted by Crippen LogP contribution is 2.41. The van der Waals surface area contributed by atoms with E-state index in [0.717, 1.165) is 5.56 Å². The van der Waals surface area contributed by atoms with E-state index < -0.39 is 47.4 Å². The molecule has 28 heavy (non-hydrogen) atoms. The molecule has 2 amide bonds. The summed E-state index contributed by atoms with van der Waals surface area (Å²) < 4.78 is 76.9. The zero-order valence-electron chi connectivity index (χ0n) is 14.1. The lowest BCUT2D eigenvalue weighted by molar-refractivity contribution is -0.162. The Labute approximate surface area is 155 Å². The number of carbonyl (C=O) groups excluding carboxylic acids is 2. The second kappa shape index (κ2) is 8.32. The fourth-order valence-corrected chi connectivity index (χ4v) is 2.31. The predicted molar refractivity (Wildman–Crippen MR) is 88.0 cm³/mol. The number of halogens is 6. The third-order valence-electron chi connectivity index (χ3n) is 3.57. The summed E-state index contributed by atoms with van der Waals surface area (Å²) in [4.78, 5) is 23.5. The molecule has 0 saturated heterocycles. The van der Waals surface area contributed by atoms with E-state index in [1.165, 1.54) is 0 Å². The third kappa shape index (κ3) is 6.00. The molecule has 0 bridgehead atoms. The summed E-state index contributed by atoms with van der Waals surface area (Å²) in [6.45, 7) is 0.144. The molecule has 0 radical (unpaired) electrons. The van der Waals surface area contributed by atoms with Crippen LogP contribution in [0.2, 0.25) is 0 Å². The van der Waals surface area contributed by atoms with Crippen LogP contribution < -0.4 is 10.6 Å². The Kier molecular flexibility index (Phi) is 6.32. The molecule has 0 spiro atoms. The van der Waals surface area contributed by atoms with Crippen LogP contribution in [0.1, 0.15) is 23.1 Å². The van der Waals surface area contributed by atoms with Gasteiger partial charge in [0.25, 0.3) is 0 Å². The lowest BCUT2D eigenvalue weighted by atomic mass is 10.1. The molecular formula is C18H14F6N2O2. The van der Waals surface area contributed by atoms with Crippen LogP contribution in [0.3, 0.4) is 0 Å². The summed E-state index contributed by atoms with van der Waals surface area (Å²) in [6.07, 6.45) is -11.2. The molecule has 0 saturated carbocycles. The van der Waals surface area contributed by atoms with Gasteiger partial charge in [-0.3, -0.25) is 9.59 Å². The fraction of sp³-hybridized carbons (Fsp3) is 0.222. The Morgan fingerprint density at radius 2 is 1.39 bits per heavy atom. The van der Waals surface area contributed by atoms with Crippen molar-refractivity contribution in [2.45, 2.75) is 25.3 Å². The largest absolute Gasteiger partial charge is 0.417 e. The molecule has 150 valence electrons. The molecule has 0 aliphatic heterocycles. The van der Waals surface area contributed by atoms with E-state index in [1.807, 2.05) is 5.32 Å². The van der Waals surface area contributed by atoms with Crippen LogP contribution >= 0.6 is 0 Å². The molecule has 0 heterocycles. The van der Waals surface area contributed by atoms with E-state index in [4.69, 9.17) is 0 Å². The zero-order valence-corrected chi connectivity index (χ0v) is 14.1. The molecule has 2 aromatic carbocycles. The van der Waals surface area contributed by atoms with Gasteiger partial charge in [0.15, 0.2) is 0 Å². The molecule has 0 fully saturated rings. The summed E-state index contributed by atoms with van der Waals surface area (Å²) in [5, 5.41) is 4.45. The molecule has 0 unspecified atom stereocenters. The zero-order chi connectivity index (χ0) is 20.9. The second-order valence-electron chi connectivity index (χ2n) is 5.74. The van der Waals surface area contributed by atoms with Crippen molar-refractivity contribution in [3.05, 3.63) is 65.2 Å². The predicted octanol–water partition coefficient (Wildman–Crippen LogP) is 4.37. The maximum atomic E-state index is 12.9. The maximum absolute atomic E-state index is 12.9. The number of anilines is 1. The molecule has 2 rings (SSSR count). The first-order valence-electron chi connectivity index (χ1n) is 7.86. The summed E-state index contributed by atoms with van der Waals surface area (Å²) in [6, 6.07) is 9.85. The normalized spacial score (nSPS) is 11.8. The van der Waals surface area contributed by atoms with E-state index in [1.54, 1.807) is 30.3 Å². The molecule has 0 atom stereocenters. The number of amides is 2. The van der Waals surface area contributed by atoms with Gasteiger partial charge in [0, 0.05) is 12.2 Å². The van der Waals surface area contributed by atoms with E-state index >= 15 is 0 Å². The van der Waals surface area contributed by atoms with Crippen LogP contribution in [0, 0.1) is 0 Å². The van der Waals surface area contributed by atoms with E-state index in [9.17, 15) is 35.9 Å². The molecule has 0 aliphatic rings. The lowest BCUT2D eigenvalue weighted by Crippen LogP contribution is -2.28. The van der Waals surface area contributed by atoms with Crippen LogP contribution in [0.25, 0.3) is 0 Å². The van der Waals surface area contributed by atoms with Gasteiger partial charge in [0.1, 0.15) is 6.42 Å². The Morgan fingerprint density at radius 3 is 1.96 bits per heavy atom. The minimum Gasteiger partial charge on any atom is -0.352 e. The van der Waals surface area contributed by atoms with E-state index in [-0.39, 0.29) is 18.7 Å². The summed E-state index contributed by atoms with van der Waals surface area (Å²) >= 11 is 0. The topological polar surface area (TPSA) is 58.2 Å². The van der Waals surface area contributed by atoms with Crippen LogP contribution in [0.4, 0.5) is 32.0 Å². The van der Waals surface area contributed by atoms with Gasteiger partial charge in [-0.05, 0) is 23.8 Å². The fourth-order valence-electron chi connectivity index (χ4n) is 2.31. The first-order valence-corrected chi connectivity index (χ1v) is 7.86. The minimum atomic E-state index is -5.27. The number of carbonyl (C=O) groups is 2. The van der Waals surface area contributed by atoms with Crippen molar-refractivity contribution in [3.63, 3.8) is 0 Å². The molecule has 4 nitrogen and oxygen atoms in total. The van der Waals surface area contributed by atoms with Gasteiger partial charge < -0.3 is 10.6 Å². The number of hydrogen-bond acceptors (Lipinski definition) is 2. The number of alkyl halides is 6. The van der Waals surface area contributed by atoms with Crippen LogP contribution in [-0.2, 0) is 28.5 Å². The molecule has 10 heteroatoms. The Hall–Kier alpha value is -3.04. The van der Waals surface area contributed by atoms with Crippen molar-refractivity contribution >= 4 is 17.5 Å². The first-order chi connectivity index (χ1) is 13.0. The number of hydrogen-bond donors (Lipinski definition) is 2. The number of nitrogens with one attached hydrogen (secondary N) is 2. The van der Waals surface area contributed by atoms with Crippen molar-refractivity contribution in [1.29, 1.82) is 0 Å². The van der Waals surface area contributed by atoms with Crippen molar-refractivity contribution < 1.29 is 35.9 Å². The average molecular weight is 404 g/mol. The molecule has 0 aromatic heterocycles. The smallest absolute Gasteiger partial charge is 0.352 e. The standard InChI is InChI=1S/C18H14F6N2O2/c19-17(20,21)13-7-6-12(8-14(13)18(22,23)24)26-16(28)9-15(27)25-10-11-4-2-1-3-5-11/h1-8H,9-10H2,(H,25,27)(H,26,28). The van der Waals surface area contributed by atoms with Gasteiger partial charge in [0.05, 0.1) is 11.1 Å². The van der Waals surface area contributed by atoms with Crippen LogP contribution in [0.5, 0.6) is 0 Å². The Balaban J connectivity index is 2.02. The van der Waals surface area contributed by atoms with Gasteiger partial charge in [-0.2, -0.15) is 26.3 Å².